The van der Waals surface area contributed by atoms with Crippen LogP contribution >= 0.6 is 0 Å². The summed E-state index contributed by atoms with van der Waals surface area (Å²) in [5.74, 6) is -3.12. The quantitative estimate of drug-likeness (QED) is 0.310. The van der Waals surface area contributed by atoms with Gasteiger partial charge in [-0.05, 0) is 62.5 Å². The Morgan fingerprint density at radius 2 is 1.70 bits per heavy atom. The minimum atomic E-state index is -1.21. The zero-order valence-corrected chi connectivity index (χ0v) is 22.7. The van der Waals surface area contributed by atoms with E-state index in [4.69, 9.17) is 9.73 Å². The number of aromatic carboxylic acids is 1. The Balaban J connectivity index is 1.80. The van der Waals surface area contributed by atoms with Gasteiger partial charge >= 0.3 is 11.9 Å². The summed E-state index contributed by atoms with van der Waals surface area (Å²) in [5.41, 5.74) is 2.93. The number of carboxylic acids is 1. The number of carbonyl (C=O) groups is 4. The Morgan fingerprint density at radius 3 is 2.35 bits per heavy atom. The van der Waals surface area contributed by atoms with E-state index in [9.17, 15) is 24.3 Å². The number of nitrogens with one attached hydrogen (secondary N) is 1. The molecule has 2 N–H and O–H groups in total. The van der Waals surface area contributed by atoms with Gasteiger partial charge in [-0.25, -0.2) is 9.59 Å². The van der Waals surface area contributed by atoms with E-state index < -0.39 is 17.9 Å². The number of carboxylic acid groups (broad SMARTS) is 1. The highest BCUT2D eigenvalue weighted by atomic mass is 16.5. The number of ether oxygens (including phenoxy) is 1. The molecular formula is C30H30N4O6. The van der Waals surface area contributed by atoms with Crippen molar-refractivity contribution in [3.63, 3.8) is 0 Å². The van der Waals surface area contributed by atoms with E-state index in [-0.39, 0.29) is 36.2 Å². The number of anilines is 2. The lowest BCUT2D eigenvalue weighted by atomic mass is 9.90. The van der Waals surface area contributed by atoms with E-state index in [1.807, 2.05) is 30.3 Å². The molecule has 1 aliphatic rings. The van der Waals surface area contributed by atoms with Crippen LogP contribution in [0.15, 0.2) is 71.7 Å². The Kier molecular flexibility index (Phi) is 8.40. The van der Waals surface area contributed by atoms with E-state index in [1.54, 1.807) is 50.2 Å². The first-order chi connectivity index (χ1) is 19.1. The van der Waals surface area contributed by atoms with Crippen molar-refractivity contribution < 1.29 is 29.0 Å². The molecule has 10 heteroatoms. The minimum absolute atomic E-state index is 0.0985. The fraction of sp³-hybridized carbons (Fsp3) is 0.233. The summed E-state index contributed by atoms with van der Waals surface area (Å²) in [4.78, 5) is 58.1. The van der Waals surface area contributed by atoms with Crippen molar-refractivity contribution in [3.8, 4) is 0 Å². The first-order valence-electron chi connectivity index (χ1n) is 12.6. The van der Waals surface area contributed by atoms with Gasteiger partial charge in [0.15, 0.2) is 0 Å². The molecular weight excluding hydrogens is 512 g/mol. The normalized spacial score (nSPS) is 14.5. The third-order valence-corrected chi connectivity index (χ3v) is 6.39. The van der Waals surface area contributed by atoms with Crippen molar-refractivity contribution in [1.29, 1.82) is 0 Å². The molecule has 3 aromatic carbocycles. The number of likely N-dealkylation sites (N-methyl/N-ethyl adjacent to an activating group) is 2. The maximum atomic E-state index is 13.3. The molecule has 10 nitrogen and oxygen atoms in total. The third kappa shape index (κ3) is 5.92. The second-order valence-corrected chi connectivity index (χ2v) is 9.50. The van der Waals surface area contributed by atoms with Crippen molar-refractivity contribution in [2.75, 3.05) is 44.5 Å². The summed E-state index contributed by atoms with van der Waals surface area (Å²) in [6.07, 6.45) is 0. The Morgan fingerprint density at radius 1 is 0.975 bits per heavy atom. The predicted octanol–water partition coefficient (Wildman–Crippen LogP) is 3.94. The number of aliphatic imine (C=N–C) groups is 1. The fourth-order valence-corrected chi connectivity index (χ4v) is 4.49. The van der Waals surface area contributed by atoms with Crippen LogP contribution in [0.3, 0.4) is 0 Å². The second-order valence-electron chi connectivity index (χ2n) is 9.50. The van der Waals surface area contributed by atoms with Gasteiger partial charge < -0.3 is 25.0 Å². The average Bonchev–Trinajstić information content (AvgIpc) is 3.26. The Labute approximate surface area is 231 Å². The van der Waals surface area contributed by atoms with E-state index in [2.05, 4.69) is 5.32 Å². The van der Waals surface area contributed by atoms with Gasteiger partial charge in [0.1, 0.15) is 5.92 Å². The maximum Gasteiger partial charge on any atom is 0.338 e. The summed E-state index contributed by atoms with van der Waals surface area (Å²) >= 11 is 0. The molecule has 1 unspecified atom stereocenters. The van der Waals surface area contributed by atoms with Crippen LogP contribution in [0.5, 0.6) is 0 Å². The molecule has 4 rings (SSSR count). The van der Waals surface area contributed by atoms with Gasteiger partial charge in [-0.15, -0.1) is 0 Å². The second kappa shape index (κ2) is 11.9. The number of esters is 1. The van der Waals surface area contributed by atoms with E-state index in [0.29, 0.717) is 33.8 Å². The van der Waals surface area contributed by atoms with Gasteiger partial charge in [0.05, 0.1) is 41.4 Å². The lowest BCUT2D eigenvalue weighted by molar-refractivity contribution is -0.119. The standard InChI is InChI=1S/C30H30N4O6/c1-5-40-30(39)19-11-13-21-23(15-19)32-28(36)26(21)27(18-9-7-6-8-10-18)31-20-12-14-24(22(16-20)29(37)38)34(4)25(35)17-33(2)3/h6-16,26H,5,17H2,1-4H3,(H,32,36)(H,37,38). The number of hydrogen-bond acceptors (Lipinski definition) is 7. The van der Waals surface area contributed by atoms with Crippen LogP contribution in [0.1, 0.15) is 44.7 Å². The predicted molar refractivity (Wildman–Crippen MR) is 152 cm³/mol. The molecule has 3 aromatic rings. The molecule has 0 bridgehead atoms. The third-order valence-electron chi connectivity index (χ3n) is 6.39. The monoisotopic (exact) mass is 542 g/mol. The van der Waals surface area contributed by atoms with Crippen molar-refractivity contribution in [2.24, 2.45) is 4.99 Å². The lowest BCUT2D eigenvalue weighted by Gasteiger charge is -2.21. The largest absolute Gasteiger partial charge is 0.478 e. The number of amides is 2. The number of benzene rings is 3. The van der Waals surface area contributed by atoms with Crippen LogP contribution in [0, 0.1) is 0 Å². The number of fused-ring (bicyclic) bond motifs is 1. The first kappa shape index (κ1) is 28.2. The Hall–Kier alpha value is -4.83. The molecule has 2 amide bonds. The minimum Gasteiger partial charge on any atom is -0.478 e. The average molecular weight is 543 g/mol. The smallest absolute Gasteiger partial charge is 0.338 e. The molecule has 1 atom stereocenters. The van der Waals surface area contributed by atoms with Crippen molar-refractivity contribution in [3.05, 3.63) is 89.0 Å². The highest BCUT2D eigenvalue weighted by Gasteiger charge is 2.36. The number of carbonyl (C=O) groups excluding carboxylic acids is 3. The molecule has 0 aliphatic carbocycles. The summed E-state index contributed by atoms with van der Waals surface area (Å²) in [6.45, 7) is 2.06. The fourth-order valence-electron chi connectivity index (χ4n) is 4.49. The molecule has 0 radical (unpaired) electrons. The molecule has 1 heterocycles. The topological polar surface area (TPSA) is 129 Å². The van der Waals surface area contributed by atoms with Gasteiger partial charge in [-0.2, -0.15) is 0 Å². The van der Waals surface area contributed by atoms with Crippen LogP contribution in [0.2, 0.25) is 0 Å². The molecule has 206 valence electrons. The van der Waals surface area contributed by atoms with E-state index in [1.165, 1.54) is 24.1 Å². The zero-order valence-electron chi connectivity index (χ0n) is 22.7. The highest BCUT2D eigenvalue weighted by Crippen LogP contribution is 2.37. The van der Waals surface area contributed by atoms with Gasteiger partial charge in [0.2, 0.25) is 11.8 Å². The Bertz CT molecular complexity index is 1500. The molecule has 1 aliphatic heterocycles. The highest BCUT2D eigenvalue weighted by molar-refractivity contribution is 6.24. The van der Waals surface area contributed by atoms with Crippen LogP contribution in [0.25, 0.3) is 0 Å². The van der Waals surface area contributed by atoms with Crippen LogP contribution in [-0.2, 0) is 14.3 Å². The first-order valence-corrected chi connectivity index (χ1v) is 12.6. The molecule has 0 fully saturated rings. The van der Waals surface area contributed by atoms with Gasteiger partial charge in [-0.1, -0.05) is 36.4 Å². The van der Waals surface area contributed by atoms with Crippen molar-refractivity contribution >= 4 is 46.5 Å². The summed E-state index contributed by atoms with van der Waals surface area (Å²) in [5, 5.41) is 12.8. The van der Waals surface area contributed by atoms with E-state index >= 15 is 0 Å². The molecule has 0 aromatic heterocycles. The van der Waals surface area contributed by atoms with Crippen LogP contribution in [0.4, 0.5) is 17.1 Å². The number of hydrogen-bond donors (Lipinski definition) is 2. The molecule has 0 saturated carbocycles. The molecule has 0 saturated heterocycles. The van der Waals surface area contributed by atoms with Crippen molar-refractivity contribution in [1.82, 2.24) is 4.90 Å². The zero-order chi connectivity index (χ0) is 29.0. The van der Waals surface area contributed by atoms with Gasteiger partial charge in [0, 0.05) is 12.7 Å². The lowest BCUT2D eigenvalue weighted by Crippen LogP contribution is -2.35. The maximum absolute atomic E-state index is 13.3. The van der Waals surface area contributed by atoms with Crippen LogP contribution in [-0.4, -0.2) is 73.8 Å². The number of nitrogens with zero attached hydrogens (tertiary/aromatic N) is 3. The van der Waals surface area contributed by atoms with Crippen LogP contribution < -0.4 is 10.2 Å². The SMILES string of the molecule is CCOC(=O)c1ccc2c(c1)NC(=O)C2C(=Nc1ccc(N(C)C(=O)CN(C)C)c(C(=O)O)c1)c1ccccc1. The number of rotatable bonds is 9. The van der Waals surface area contributed by atoms with Crippen molar-refractivity contribution in [2.45, 2.75) is 12.8 Å². The summed E-state index contributed by atoms with van der Waals surface area (Å²) in [7, 11) is 5.03. The van der Waals surface area contributed by atoms with Gasteiger partial charge in [0.25, 0.3) is 0 Å². The summed E-state index contributed by atoms with van der Waals surface area (Å²) < 4.78 is 5.08. The molecule has 40 heavy (non-hydrogen) atoms. The summed E-state index contributed by atoms with van der Waals surface area (Å²) in [6, 6.07) is 18.5. The van der Waals surface area contributed by atoms with Gasteiger partial charge in [-0.3, -0.25) is 14.6 Å². The molecule has 0 spiro atoms. The van der Waals surface area contributed by atoms with E-state index in [0.717, 1.165) is 0 Å².